The van der Waals surface area contributed by atoms with Crippen LogP contribution in [-0.2, 0) is 19.4 Å². The molecule has 2 aromatic heterocycles. The van der Waals surface area contributed by atoms with Gasteiger partial charge in [0.2, 0.25) is 0 Å². The number of H-pyrrole nitrogens is 1. The van der Waals surface area contributed by atoms with E-state index in [1.165, 1.54) is 12.4 Å². The number of nitriles is 1. The number of aryl methyl sites for hydroxylation is 1. The zero-order chi connectivity index (χ0) is 15.2. The lowest BCUT2D eigenvalue weighted by Crippen LogP contribution is -2.22. The van der Waals surface area contributed by atoms with E-state index in [4.69, 9.17) is 5.26 Å². The van der Waals surface area contributed by atoms with Crippen LogP contribution in [0.2, 0.25) is 0 Å². The lowest BCUT2D eigenvalue weighted by Gasteiger charge is -2.11. The minimum atomic E-state index is -0.196. The first-order valence-electron chi connectivity index (χ1n) is 6.74. The molecule has 2 rings (SSSR count). The van der Waals surface area contributed by atoms with Gasteiger partial charge in [-0.05, 0) is 18.4 Å². The van der Waals surface area contributed by atoms with Gasteiger partial charge in [0.15, 0.2) is 5.69 Å². The second-order valence-electron chi connectivity index (χ2n) is 4.42. The molecule has 0 atom stereocenters. The van der Waals surface area contributed by atoms with Gasteiger partial charge in [0.05, 0.1) is 18.1 Å². The van der Waals surface area contributed by atoms with Gasteiger partial charge in [-0.2, -0.15) is 10.4 Å². The maximum absolute atomic E-state index is 12.0. The highest BCUT2D eigenvalue weighted by Crippen LogP contribution is 2.11. The summed E-state index contributed by atoms with van der Waals surface area (Å²) >= 11 is 0. The number of hydrogen-bond donors (Lipinski definition) is 2. The van der Waals surface area contributed by atoms with Gasteiger partial charge in [-0.3, -0.25) is 4.79 Å². The summed E-state index contributed by atoms with van der Waals surface area (Å²) in [5.41, 5.74) is 2.59. The van der Waals surface area contributed by atoms with E-state index >= 15 is 0 Å². The fourth-order valence-electron chi connectivity index (χ4n) is 2.12. The van der Waals surface area contributed by atoms with Crippen LogP contribution in [0.5, 0.6) is 0 Å². The van der Waals surface area contributed by atoms with Gasteiger partial charge in [0.1, 0.15) is 11.9 Å². The normalized spacial score (nSPS) is 10.1. The highest BCUT2D eigenvalue weighted by molar-refractivity contribution is 5.36. The van der Waals surface area contributed by atoms with Gasteiger partial charge < -0.3 is 5.32 Å². The van der Waals surface area contributed by atoms with Crippen LogP contribution in [-0.4, -0.2) is 20.2 Å². The Morgan fingerprint density at radius 1 is 1.24 bits per heavy atom. The standard InChI is InChI=1S/C14H16N6O/c1-3-10-11(14(21)20-19-12(10)4-2)7-18-13-8-16-9(5-15)6-17-13/h6,8H,3-4,7H2,1-2H3,(H,17,18)(H,20,21). The first kappa shape index (κ1) is 14.7. The number of nitrogens with zero attached hydrogens (tertiary/aromatic N) is 4. The van der Waals surface area contributed by atoms with Crippen LogP contribution in [0.4, 0.5) is 5.82 Å². The largest absolute Gasteiger partial charge is 0.364 e. The molecule has 0 fully saturated rings. The number of aromatic amines is 1. The van der Waals surface area contributed by atoms with E-state index < -0.39 is 0 Å². The quantitative estimate of drug-likeness (QED) is 0.853. The first-order valence-corrected chi connectivity index (χ1v) is 6.74. The summed E-state index contributed by atoms with van der Waals surface area (Å²) in [5.74, 6) is 0.519. The van der Waals surface area contributed by atoms with Crippen LogP contribution in [0.3, 0.4) is 0 Å². The Kier molecular flexibility index (Phi) is 4.61. The lowest BCUT2D eigenvalue weighted by molar-refractivity contribution is 0.826. The lowest BCUT2D eigenvalue weighted by atomic mass is 10.0. The molecule has 21 heavy (non-hydrogen) atoms. The Labute approximate surface area is 122 Å². The summed E-state index contributed by atoms with van der Waals surface area (Å²) in [5, 5.41) is 18.3. The molecule has 0 aliphatic carbocycles. The monoisotopic (exact) mass is 284 g/mol. The average Bonchev–Trinajstić information content (AvgIpc) is 2.53. The summed E-state index contributed by atoms with van der Waals surface area (Å²) < 4.78 is 0. The molecule has 0 aromatic carbocycles. The molecule has 7 nitrogen and oxygen atoms in total. The Morgan fingerprint density at radius 2 is 2.05 bits per heavy atom. The Morgan fingerprint density at radius 3 is 2.62 bits per heavy atom. The molecular formula is C14H16N6O. The Hall–Kier alpha value is -2.75. The van der Waals surface area contributed by atoms with Gasteiger partial charge in [-0.25, -0.2) is 15.1 Å². The Bertz CT molecular complexity index is 714. The van der Waals surface area contributed by atoms with Gasteiger partial charge in [-0.1, -0.05) is 13.8 Å². The van der Waals surface area contributed by atoms with Crippen LogP contribution in [0, 0.1) is 11.3 Å². The molecule has 0 radical (unpaired) electrons. The molecule has 0 amide bonds. The summed E-state index contributed by atoms with van der Waals surface area (Å²) in [4.78, 5) is 19.9. The van der Waals surface area contributed by atoms with Crippen molar-refractivity contribution in [2.75, 3.05) is 5.32 Å². The number of nitrogens with one attached hydrogen (secondary N) is 2. The highest BCUT2D eigenvalue weighted by Gasteiger charge is 2.11. The molecule has 7 heteroatoms. The minimum Gasteiger partial charge on any atom is -0.364 e. The van der Waals surface area contributed by atoms with Gasteiger partial charge in [0, 0.05) is 12.1 Å². The van der Waals surface area contributed by atoms with E-state index in [-0.39, 0.29) is 11.3 Å². The van der Waals surface area contributed by atoms with Crippen molar-refractivity contribution in [2.24, 2.45) is 0 Å². The zero-order valence-electron chi connectivity index (χ0n) is 12.0. The van der Waals surface area contributed by atoms with Crippen molar-refractivity contribution in [3.8, 4) is 6.07 Å². The molecule has 0 unspecified atom stereocenters. The highest BCUT2D eigenvalue weighted by atomic mass is 16.1. The summed E-state index contributed by atoms with van der Waals surface area (Å²) in [7, 11) is 0. The van der Waals surface area contributed by atoms with E-state index in [0.29, 0.717) is 17.9 Å². The van der Waals surface area contributed by atoms with Crippen molar-refractivity contribution < 1.29 is 0 Å². The maximum Gasteiger partial charge on any atom is 0.269 e. The van der Waals surface area contributed by atoms with Gasteiger partial charge in [-0.15, -0.1) is 0 Å². The number of anilines is 1. The smallest absolute Gasteiger partial charge is 0.269 e. The zero-order valence-corrected chi connectivity index (χ0v) is 12.0. The summed E-state index contributed by atoms with van der Waals surface area (Å²) in [6, 6.07) is 1.91. The number of hydrogen-bond acceptors (Lipinski definition) is 6. The van der Waals surface area contributed by atoms with E-state index in [0.717, 1.165) is 24.1 Å². The second-order valence-corrected chi connectivity index (χ2v) is 4.42. The number of rotatable bonds is 5. The van der Waals surface area contributed by atoms with Crippen LogP contribution in [0.1, 0.15) is 36.4 Å². The molecule has 108 valence electrons. The molecule has 0 bridgehead atoms. The van der Waals surface area contributed by atoms with Gasteiger partial charge in [0.25, 0.3) is 5.56 Å². The summed E-state index contributed by atoms with van der Waals surface area (Å²) in [6.45, 7) is 4.35. The maximum atomic E-state index is 12.0. The third kappa shape index (κ3) is 3.23. The SMILES string of the molecule is CCc1n[nH]c(=O)c(CNc2cnc(C#N)cn2)c1CC. The van der Waals surface area contributed by atoms with E-state index in [1.807, 2.05) is 19.9 Å². The molecule has 0 saturated heterocycles. The van der Waals surface area contributed by atoms with Gasteiger partial charge >= 0.3 is 0 Å². The summed E-state index contributed by atoms with van der Waals surface area (Å²) in [6.07, 6.45) is 4.37. The van der Waals surface area contributed by atoms with Crippen molar-refractivity contribution in [3.63, 3.8) is 0 Å². The molecule has 2 N–H and O–H groups in total. The topological polar surface area (TPSA) is 107 Å². The van der Waals surface area contributed by atoms with Crippen LogP contribution in [0.15, 0.2) is 17.2 Å². The van der Waals surface area contributed by atoms with Crippen molar-refractivity contribution >= 4 is 5.82 Å². The van der Waals surface area contributed by atoms with E-state index in [2.05, 4.69) is 25.5 Å². The van der Waals surface area contributed by atoms with Crippen molar-refractivity contribution in [3.05, 3.63) is 45.3 Å². The molecule has 0 aliphatic rings. The second kappa shape index (κ2) is 6.61. The fourth-order valence-corrected chi connectivity index (χ4v) is 2.12. The third-order valence-electron chi connectivity index (χ3n) is 3.18. The third-order valence-corrected chi connectivity index (χ3v) is 3.18. The minimum absolute atomic E-state index is 0.196. The van der Waals surface area contributed by atoms with Crippen molar-refractivity contribution in [2.45, 2.75) is 33.2 Å². The molecule has 0 aliphatic heterocycles. The number of aromatic nitrogens is 4. The van der Waals surface area contributed by atoms with Crippen LogP contribution < -0.4 is 10.9 Å². The van der Waals surface area contributed by atoms with E-state index in [1.54, 1.807) is 0 Å². The molecule has 0 spiro atoms. The fraction of sp³-hybridized carbons (Fsp3) is 0.357. The predicted octanol–water partition coefficient (Wildman–Crippen LogP) is 1.17. The molecule has 2 aromatic rings. The van der Waals surface area contributed by atoms with Crippen LogP contribution >= 0.6 is 0 Å². The molecular weight excluding hydrogens is 268 g/mol. The molecule has 2 heterocycles. The van der Waals surface area contributed by atoms with E-state index in [9.17, 15) is 4.79 Å². The Balaban J connectivity index is 2.23. The predicted molar refractivity (Wildman–Crippen MR) is 77.7 cm³/mol. The van der Waals surface area contributed by atoms with Crippen molar-refractivity contribution in [1.29, 1.82) is 5.26 Å². The average molecular weight is 284 g/mol. The van der Waals surface area contributed by atoms with Crippen LogP contribution in [0.25, 0.3) is 0 Å². The van der Waals surface area contributed by atoms with Crippen molar-refractivity contribution in [1.82, 2.24) is 20.2 Å². The molecule has 0 saturated carbocycles. The first-order chi connectivity index (χ1) is 10.2.